The van der Waals surface area contributed by atoms with Crippen LogP contribution in [-0.2, 0) is 6.54 Å². The van der Waals surface area contributed by atoms with Crippen molar-refractivity contribution in [1.29, 1.82) is 0 Å². The third-order valence-corrected chi connectivity index (χ3v) is 2.14. The van der Waals surface area contributed by atoms with Crippen LogP contribution in [0.25, 0.3) is 0 Å². The highest BCUT2D eigenvalue weighted by molar-refractivity contribution is 4.91. The molecule has 1 rings (SSSR count). The van der Waals surface area contributed by atoms with Gasteiger partial charge in [-0.25, -0.2) is 0 Å². The Labute approximate surface area is 79.3 Å². The number of nitrogens with one attached hydrogen (secondary N) is 1. The van der Waals surface area contributed by atoms with Crippen LogP contribution in [0.15, 0.2) is 6.20 Å². The molecule has 0 aliphatic heterocycles. The maximum Gasteiger partial charge on any atom is 0.0964 e. The van der Waals surface area contributed by atoms with Crippen molar-refractivity contribution < 1.29 is 0 Å². The van der Waals surface area contributed by atoms with Crippen LogP contribution in [0, 0.1) is 0 Å². The van der Waals surface area contributed by atoms with Crippen molar-refractivity contribution in [2.45, 2.75) is 46.3 Å². The monoisotopic (exact) mass is 182 g/mol. The van der Waals surface area contributed by atoms with Gasteiger partial charge in [0.2, 0.25) is 0 Å². The van der Waals surface area contributed by atoms with Crippen molar-refractivity contribution in [2.24, 2.45) is 0 Å². The molecule has 4 nitrogen and oxygen atoms in total. The molecule has 0 aromatic carbocycles. The lowest BCUT2D eigenvalue weighted by molar-refractivity contribution is 0.164. The molecule has 0 amide bonds. The lowest BCUT2D eigenvalue weighted by Crippen LogP contribution is -2.36. The molecule has 1 aromatic rings. The molecule has 74 valence electrons. The van der Waals surface area contributed by atoms with Gasteiger partial charge in [-0.05, 0) is 27.7 Å². The third kappa shape index (κ3) is 2.81. The molecule has 0 saturated carbocycles. The smallest absolute Gasteiger partial charge is 0.0964 e. The van der Waals surface area contributed by atoms with Crippen LogP contribution in [0.4, 0.5) is 0 Å². The zero-order valence-corrected chi connectivity index (χ0v) is 8.78. The highest BCUT2D eigenvalue weighted by Gasteiger charge is 2.14. The van der Waals surface area contributed by atoms with Gasteiger partial charge in [0, 0.05) is 24.8 Å². The normalized spacial score (nSPS) is 11.9. The van der Waals surface area contributed by atoms with Gasteiger partial charge in [-0.1, -0.05) is 5.21 Å². The Kier molecular flexibility index (Phi) is 3.42. The fraction of sp³-hybridized carbons (Fsp3) is 0.778. The van der Waals surface area contributed by atoms with Crippen LogP contribution < -0.4 is 0 Å². The van der Waals surface area contributed by atoms with Crippen LogP contribution >= 0.6 is 0 Å². The predicted molar refractivity (Wildman–Crippen MR) is 52.2 cm³/mol. The van der Waals surface area contributed by atoms with E-state index in [9.17, 15) is 0 Å². The number of hydrogen-bond donors (Lipinski definition) is 1. The summed E-state index contributed by atoms with van der Waals surface area (Å²) in [6.45, 7) is 9.65. The summed E-state index contributed by atoms with van der Waals surface area (Å²) >= 11 is 0. The molecule has 0 fully saturated rings. The fourth-order valence-electron chi connectivity index (χ4n) is 1.45. The van der Waals surface area contributed by atoms with Gasteiger partial charge in [0.1, 0.15) is 0 Å². The Morgan fingerprint density at radius 1 is 1.31 bits per heavy atom. The standard InChI is InChI=1S/C9H18N4/c1-7(2)13(8(3)4)6-9-5-10-12-11-9/h5,7-8H,6H2,1-4H3,(H,10,11,12). The van der Waals surface area contributed by atoms with Crippen LogP contribution in [0.5, 0.6) is 0 Å². The molecule has 1 N–H and O–H groups in total. The second-order valence-electron chi connectivity index (χ2n) is 3.82. The van der Waals surface area contributed by atoms with Crippen LogP contribution in [-0.4, -0.2) is 32.4 Å². The summed E-state index contributed by atoms with van der Waals surface area (Å²) in [5.74, 6) is 0. The Morgan fingerprint density at radius 2 is 1.92 bits per heavy atom. The zero-order chi connectivity index (χ0) is 9.84. The molecule has 4 heteroatoms. The summed E-state index contributed by atoms with van der Waals surface area (Å²) in [4.78, 5) is 2.37. The van der Waals surface area contributed by atoms with E-state index in [0.717, 1.165) is 12.2 Å². The fourth-order valence-corrected chi connectivity index (χ4v) is 1.45. The summed E-state index contributed by atoms with van der Waals surface area (Å²) in [6, 6.07) is 1.08. The van der Waals surface area contributed by atoms with E-state index in [1.165, 1.54) is 0 Å². The second kappa shape index (κ2) is 4.37. The maximum absolute atomic E-state index is 3.97. The van der Waals surface area contributed by atoms with Gasteiger partial charge >= 0.3 is 0 Å². The molecule has 1 heterocycles. The average Bonchev–Trinajstić information content (AvgIpc) is 2.50. The second-order valence-corrected chi connectivity index (χ2v) is 3.82. The Bertz CT molecular complexity index is 220. The van der Waals surface area contributed by atoms with E-state index in [2.05, 4.69) is 48.0 Å². The van der Waals surface area contributed by atoms with Gasteiger partial charge < -0.3 is 0 Å². The molecule has 13 heavy (non-hydrogen) atoms. The van der Waals surface area contributed by atoms with E-state index in [1.54, 1.807) is 0 Å². The quantitative estimate of drug-likeness (QED) is 0.766. The number of rotatable bonds is 4. The van der Waals surface area contributed by atoms with E-state index >= 15 is 0 Å². The van der Waals surface area contributed by atoms with Crippen LogP contribution in [0.1, 0.15) is 33.4 Å². The minimum atomic E-state index is 0.539. The molecule has 0 bridgehead atoms. The topological polar surface area (TPSA) is 44.8 Å². The summed E-state index contributed by atoms with van der Waals surface area (Å²) in [6.07, 6.45) is 1.84. The number of aromatic nitrogens is 3. The van der Waals surface area contributed by atoms with Crippen molar-refractivity contribution in [3.05, 3.63) is 11.9 Å². The van der Waals surface area contributed by atoms with Gasteiger partial charge in [0.15, 0.2) is 0 Å². The molecule has 0 aliphatic rings. The maximum atomic E-state index is 3.97. The van der Waals surface area contributed by atoms with E-state index in [-0.39, 0.29) is 0 Å². The molecule has 1 aromatic heterocycles. The van der Waals surface area contributed by atoms with Crippen LogP contribution in [0.3, 0.4) is 0 Å². The summed E-state index contributed by atoms with van der Waals surface area (Å²) in [7, 11) is 0. The largest absolute Gasteiger partial charge is 0.293 e. The molecule has 0 unspecified atom stereocenters. The average molecular weight is 182 g/mol. The van der Waals surface area contributed by atoms with Gasteiger partial charge in [0.25, 0.3) is 0 Å². The minimum Gasteiger partial charge on any atom is -0.293 e. The van der Waals surface area contributed by atoms with E-state index < -0.39 is 0 Å². The van der Waals surface area contributed by atoms with Crippen molar-refractivity contribution >= 4 is 0 Å². The highest BCUT2D eigenvalue weighted by atomic mass is 15.3. The summed E-state index contributed by atoms with van der Waals surface area (Å²) in [5, 5.41) is 10.4. The van der Waals surface area contributed by atoms with Crippen molar-refractivity contribution in [3.63, 3.8) is 0 Å². The van der Waals surface area contributed by atoms with Crippen molar-refractivity contribution in [2.75, 3.05) is 0 Å². The van der Waals surface area contributed by atoms with Gasteiger partial charge in [-0.2, -0.15) is 0 Å². The Hall–Kier alpha value is -0.900. The molecule has 0 aliphatic carbocycles. The SMILES string of the molecule is CC(C)N(Cc1c[nH]nn1)C(C)C. The lowest BCUT2D eigenvalue weighted by Gasteiger charge is -2.29. The molecule has 0 atom stereocenters. The summed E-state index contributed by atoms with van der Waals surface area (Å²) in [5.41, 5.74) is 1.00. The van der Waals surface area contributed by atoms with Crippen molar-refractivity contribution in [1.82, 2.24) is 20.3 Å². The first-order valence-corrected chi connectivity index (χ1v) is 4.72. The minimum absolute atomic E-state index is 0.539. The number of H-pyrrole nitrogens is 1. The zero-order valence-electron chi connectivity index (χ0n) is 8.78. The first-order chi connectivity index (χ1) is 6.11. The molecular formula is C9H18N4. The highest BCUT2D eigenvalue weighted by Crippen LogP contribution is 2.08. The lowest BCUT2D eigenvalue weighted by atomic mass is 10.2. The van der Waals surface area contributed by atoms with Gasteiger partial charge in [0.05, 0.1) is 5.69 Å². The molecule has 0 radical (unpaired) electrons. The van der Waals surface area contributed by atoms with E-state index in [4.69, 9.17) is 0 Å². The first kappa shape index (κ1) is 10.2. The molecule has 0 saturated heterocycles. The number of aromatic amines is 1. The number of nitrogens with zero attached hydrogens (tertiary/aromatic N) is 3. The Morgan fingerprint density at radius 3 is 2.31 bits per heavy atom. The van der Waals surface area contributed by atoms with E-state index in [0.29, 0.717) is 12.1 Å². The Balaban J connectivity index is 2.58. The third-order valence-electron chi connectivity index (χ3n) is 2.14. The van der Waals surface area contributed by atoms with Crippen LogP contribution in [0.2, 0.25) is 0 Å². The summed E-state index contributed by atoms with van der Waals surface area (Å²) < 4.78 is 0. The first-order valence-electron chi connectivity index (χ1n) is 4.72. The van der Waals surface area contributed by atoms with Crippen molar-refractivity contribution in [3.8, 4) is 0 Å². The predicted octanol–water partition coefficient (Wildman–Crippen LogP) is 1.42. The van der Waals surface area contributed by atoms with Gasteiger partial charge in [-0.3, -0.25) is 10.00 Å². The van der Waals surface area contributed by atoms with E-state index in [1.807, 2.05) is 6.20 Å². The molecule has 0 spiro atoms. The van der Waals surface area contributed by atoms with Gasteiger partial charge in [-0.15, -0.1) is 5.10 Å². The molecular weight excluding hydrogens is 164 g/mol. The number of hydrogen-bond acceptors (Lipinski definition) is 3.